The quantitative estimate of drug-likeness (QED) is 0.223. The van der Waals surface area contributed by atoms with Crippen LogP contribution in [0, 0.1) is 11.3 Å². The highest BCUT2D eigenvalue weighted by Gasteiger charge is 2.61. The number of methoxy groups -OCH3 is 1. The molecule has 5 atom stereocenters. The Morgan fingerprint density at radius 3 is 2.61 bits per heavy atom. The second-order valence-electron chi connectivity index (χ2n) is 14.2. The van der Waals surface area contributed by atoms with E-state index in [9.17, 15) is 19.5 Å². The number of carbonyl (C=O) groups excluding carboxylic acids is 3. The van der Waals surface area contributed by atoms with Gasteiger partial charge in [-0.3, -0.25) is 9.59 Å². The fourth-order valence-electron chi connectivity index (χ4n) is 6.87. The molecule has 1 unspecified atom stereocenters. The predicted molar refractivity (Wildman–Crippen MR) is 176 cm³/mol. The zero-order valence-corrected chi connectivity index (χ0v) is 28.1. The number of oxazole rings is 2. The zero-order valence-electron chi connectivity index (χ0n) is 28.1. The number of para-hydroxylation sites is 1. The molecule has 7 rings (SSSR count). The lowest BCUT2D eigenvalue weighted by Crippen LogP contribution is -2.52. The molecule has 2 aromatic carbocycles. The first-order valence-electron chi connectivity index (χ1n) is 16.3. The van der Waals surface area contributed by atoms with Crippen molar-refractivity contribution in [3.05, 3.63) is 82.8 Å². The van der Waals surface area contributed by atoms with E-state index in [-0.39, 0.29) is 35.5 Å². The van der Waals surface area contributed by atoms with Crippen LogP contribution in [-0.2, 0) is 26.2 Å². The van der Waals surface area contributed by atoms with E-state index in [0.717, 1.165) is 22.4 Å². The minimum absolute atomic E-state index is 0.0198. The van der Waals surface area contributed by atoms with Crippen LogP contribution in [0.2, 0.25) is 0 Å². The van der Waals surface area contributed by atoms with E-state index in [1.807, 2.05) is 63.2 Å². The van der Waals surface area contributed by atoms with Gasteiger partial charge in [0.25, 0.3) is 0 Å². The molecule has 13 nitrogen and oxygen atoms in total. The molecule has 3 aliphatic heterocycles. The number of aromatic nitrogens is 2. The molecule has 0 aliphatic carbocycles. The summed E-state index contributed by atoms with van der Waals surface area (Å²) in [5.74, 6) is -0.944. The Balaban J connectivity index is 1.47. The summed E-state index contributed by atoms with van der Waals surface area (Å²) in [5.41, 5.74) is 1.85. The number of ether oxygens (including phenoxy) is 2. The van der Waals surface area contributed by atoms with Crippen LogP contribution in [0.15, 0.2) is 57.6 Å². The number of amides is 2. The standard InChI is InChI=1S/C36H39N5O8/c1-17(2)26(42)30(44)37-22-13-11-18-12-14-24-20(15-18)36(19-9-7-8-10-21(19)39-34(36)48-24)28-25(31-38-23(16-47-31)33(45)46-6)40-32(49-28)27(35(3,4)5)41-29(22)43/h7-10,12,14-17,22,26-27,34,39,42H,11,13H2,1-6H3,(H,37,44)(H,41,43)/t22-,26-,27+,34-,36?/m0/s1. The van der Waals surface area contributed by atoms with Gasteiger partial charge in [0.05, 0.1) is 7.11 Å². The molecule has 2 aromatic heterocycles. The van der Waals surface area contributed by atoms with Gasteiger partial charge < -0.3 is 39.4 Å². The van der Waals surface area contributed by atoms with Crippen LogP contribution in [-0.4, -0.2) is 58.3 Å². The fraction of sp³-hybridized carbons (Fsp3) is 0.417. The van der Waals surface area contributed by atoms with Crippen molar-refractivity contribution < 1.29 is 37.8 Å². The van der Waals surface area contributed by atoms with E-state index in [2.05, 4.69) is 20.9 Å². The number of nitrogens with zero attached hydrogens (tertiary/aromatic N) is 2. The summed E-state index contributed by atoms with van der Waals surface area (Å²) in [5, 5.41) is 19.9. The second kappa shape index (κ2) is 11.8. The van der Waals surface area contributed by atoms with Gasteiger partial charge in [-0.05, 0) is 47.4 Å². The van der Waals surface area contributed by atoms with Crippen LogP contribution >= 0.6 is 0 Å². The van der Waals surface area contributed by atoms with Crippen molar-refractivity contribution in [2.24, 2.45) is 11.3 Å². The van der Waals surface area contributed by atoms with E-state index in [1.54, 1.807) is 13.8 Å². The normalized spacial score (nSPS) is 23.1. The number of esters is 1. The van der Waals surface area contributed by atoms with Crippen molar-refractivity contribution in [3.63, 3.8) is 0 Å². The smallest absolute Gasteiger partial charge is 0.360 e. The molecule has 1 spiro atoms. The average Bonchev–Trinajstić information content (AvgIpc) is 3.84. The van der Waals surface area contributed by atoms with Gasteiger partial charge in [0.1, 0.15) is 35.6 Å². The second-order valence-corrected chi connectivity index (χ2v) is 14.2. The maximum atomic E-state index is 14.1. The third kappa shape index (κ3) is 5.23. The minimum atomic E-state index is -1.29. The van der Waals surface area contributed by atoms with Gasteiger partial charge in [0.15, 0.2) is 23.4 Å². The Bertz CT molecular complexity index is 1960. The van der Waals surface area contributed by atoms with E-state index in [4.69, 9.17) is 23.3 Å². The number of carbonyl (C=O) groups is 3. The summed E-state index contributed by atoms with van der Waals surface area (Å²) in [6.07, 6.45) is -0.0468. The number of fused-ring (bicyclic) bond motifs is 4. The largest absolute Gasteiger partial charge is 0.469 e. The van der Waals surface area contributed by atoms with Crippen LogP contribution in [0.3, 0.4) is 0 Å². The minimum Gasteiger partial charge on any atom is -0.469 e. The van der Waals surface area contributed by atoms with Crippen LogP contribution in [0.4, 0.5) is 5.69 Å². The molecule has 13 heteroatoms. The van der Waals surface area contributed by atoms with Crippen molar-refractivity contribution in [1.82, 2.24) is 20.6 Å². The van der Waals surface area contributed by atoms with E-state index < -0.39 is 53.0 Å². The van der Waals surface area contributed by atoms with Gasteiger partial charge in [-0.2, -0.15) is 0 Å². The van der Waals surface area contributed by atoms with E-state index >= 15 is 0 Å². The molecule has 5 heterocycles. The number of rotatable bonds is 5. The Hall–Kier alpha value is -5.17. The van der Waals surface area contributed by atoms with E-state index in [0.29, 0.717) is 17.9 Å². The Labute approximate surface area is 282 Å². The third-order valence-electron chi connectivity index (χ3n) is 9.50. The summed E-state index contributed by atoms with van der Waals surface area (Å²) in [6, 6.07) is 11.9. The number of nitrogens with one attached hydrogen (secondary N) is 3. The Kier molecular flexibility index (Phi) is 7.77. The molecule has 0 fully saturated rings. The number of aliphatic hydroxyl groups is 1. The molecule has 3 aliphatic rings. The fourth-order valence-corrected chi connectivity index (χ4v) is 6.87. The number of hydrogen-bond donors (Lipinski definition) is 4. The molecule has 256 valence electrons. The first-order chi connectivity index (χ1) is 23.3. The van der Waals surface area contributed by atoms with Gasteiger partial charge >= 0.3 is 5.97 Å². The van der Waals surface area contributed by atoms with Gasteiger partial charge in [0, 0.05) is 11.3 Å². The number of anilines is 1. The average molecular weight is 670 g/mol. The van der Waals surface area contributed by atoms with Crippen molar-refractivity contribution in [3.8, 4) is 17.3 Å². The molecular weight excluding hydrogens is 630 g/mol. The maximum absolute atomic E-state index is 14.1. The zero-order chi connectivity index (χ0) is 34.8. The highest BCUT2D eigenvalue weighted by Crippen LogP contribution is 2.59. The highest BCUT2D eigenvalue weighted by atomic mass is 16.5. The molecule has 4 N–H and O–H groups in total. The van der Waals surface area contributed by atoms with Crippen LogP contribution in [0.5, 0.6) is 5.75 Å². The van der Waals surface area contributed by atoms with Crippen molar-refractivity contribution in [2.75, 3.05) is 12.4 Å². The Morgan fingerprint density at radius 1 is 1.10 bits per heavy atom. The summed E-state index contributed by atoms with van der Waals surface area (Å²) >= 11 is 0. The van der Waals surface area contributed by atoms with Crippen molar-refractivity contribution in [1.29, 1.82) is 0 Å². The van der Waals surface area contributed by atoms with Crippen molar-refractivity contribution >= 4 is 23.5 Å². The lowest BCUT2D eigenvalue weighted by Gasteiger charge is -2.31. The molecule has 4 bridgehead atoms. The Morgan fingerprint density at radius 2 is 1.88 bits per heavy atom. The number of aryl methyl sites for hydroxylation is 1. The molecule has 0 saturated heterocycles. The number of aliphatic hydroxyl groups excluding tert-OH is 1. The summed E-state index contributed by atoms with van der Waals surface area (Å²) in [7, 11) is 1.26. The third-order valence-corrected chi connectivity index (χ3v) is 9.50. The van der Waals surface area contributed by atoms with Crippen LogP contribution in [0.25, 0.3) is 11.6 Å². The molecule has 49 heavy (non-hydrogen) atoms. The topological polar surface area (TPSA) is 178 Å². The SMILES string of the molecule is COC(=O)c1coc(-c2nc3oc2C24c5ccccc5N[C@H]2Oc2ccc(cc24)CC[C@H](NC(=O)[C@@H](O)C(C)C)C(=O)N[C@H]3C(C)(C)C)n1. The number of hydrogen-bond acceptors (Lipinski definition) is 11. The molecule has 0 radical (unpaired) electrons. The summed E-state index contributed by atoms with van der Waals surface area (Å²) < 4.78 is 24.2. The first kappa shape index (κ1) is 32.4. The van der Waals surface area contributed by atoms with Crippen LogP contribution < -0.4 is 20.7 Å². The van der Waals surface area contributed by atoms with Gasteiger partial charge in [0.2, 0.25) is 23.6 Å². The van der Waals surface area contributed by atoms with Gasteiger partial charge in [-0.25, -0.2) is 14.8 Å². The van der Waals surface area contributed by atoms with Gasteiger partial charge in [-0.15, -0.1) is 0 Å². The lowest BCUT2D eigenvalue weighted by molar-refractivity contribution is -0.136. The van der Waals surface area contributed by atoms with Crippen molar-refractivity contribution in [2.45, 2.75) is 77.3 Å². The number of benzene rings is 2. The summed E-state index contributed by atoms with van der Waals surface area (Å²) in [4.78, 5) is 49.0. The maximum Gasteiger partial charge on any atom is 0.360 e. The van der Waals surface area contributed by atoms with Gasteiger partial charge in [-0.1, -0.05) is 65.0 Å². The van der Waals surface area contributed by atoms with E-state index in [1.165, 1.54) is 13.4 Å². The van der Waals surface area contributed by atoms with Crippen LogP contribution in [0.1, 0.15) is 85.9 Å². The lowest BCUT2D eigenvalue weighted by atomic mass is 9.72. The highest BCUT2D eigenvalue weighted by molar-refractivity contribution is 5.90. The molecular formula is C36H39N5O8. The predicted octanol–water partition coefficient (Wildman–Crippen LogP) is 4.25. The molecule has 4 aromatic rings. The first-order valence-corrected chi connectivity index (χ1v) is 16.3. The summed E-state index contributed by atoms with van der Waals surface area (Å²) in [6.45, 7) is 9.27. The monoisotopic (exact) mass is 669 g/mol. The molecule has 0 saturated carbocycles. The molecule has 2 amide bonds.